The van der Waals surface area contributed by atoms with Gasteiger partial charge >= 0.3 is 0 Å². The van der Waals surface area contributed by atoms with Crippen molar-refractivity contribution in [1.82, 2.24) is 0 Å². The van der Waals surface area contributed by atoms with Crippen LogP contribution >= 0.6 is 11.6 Å². The van der Waals surface area contributed by atoms with Crippen molar-refractivity contribution in [2.75, 3.05) is 11.8 Å². The second-order valence-corrected chi connectivity index (χ2v) is 6.87. The molecule has 0 heterocycles. The van der Waals surface area contributed by atoms with Gasteiger partial charge in [0.15, 0.2) is 0 Å². The molecule has 0 fully saturated rings. The largest absolute Gasteiger partial charge is 0.495 e. The second kappa shape index (κ2) is 5.95. The fraction of sp³-hybridized carbons (Fsp3) is 0.200. The van der Waals surface area contributed by atoms with Crippen LogP contribution in [0.2, 0.25) is 5.02 Å². The number of methoxy groups -OCH3 is 1. The predicted octanol–water partition coefficient (Wildman–Crippen LogP) is 3.77. The molecule has 0 saturated carbocycles. The standard InChI is InChI=1S/C15H16ClNO3S/c1-10-6-11(2)8-12(7-10)17-21(18,19)13-4-5-15(20-3)14(16)9-13/h4-9,17H,1-3H3. The first-order chi connectivity index (χ1) is 9.81. The van der Waals surface area contributed by atoms with Gasteiger partial charge in [-0.2, -0.15) is 0 Å². The molecule has 0 aliphatic heterocycles. The van der Waals surface area contributed by atoms with Crippen LogP contribution in [0.1, 0.15) is 11.1 Å². The summed E-state index contributed by atoms with van der Waals surface area (Å²) in [6.45, 7) is 3.82. The molecule has 0 atom stereocenters. The lowest BCUT2D eigenvalue weighted by atomic mass is 10.1. The Hall–Kier alpha value is -1.72. The van der Waals surface area contributed by atoms with Gasteiger partial charge < -0.3 is 4.74 Å². The highest BCUT2D eigenvalue weighted by atomic mass is 35.5. The maximum atomic E-state index is 12.4. The van der Waals surface area contributed by atoms with Crippen LogP contribution in [0.15, 0.2) is 41.3 Å². The number of ether oxygens (including phenoxy) is 1. The van der Waals surface area contributed by atoms with Crippen molar-refractivity contribution in [1.29, 1.82) is 0 Å². The Morgan fingerprint density at radius 1 is 1.05 bits per heavy atom. The van der Waals surface area contributed by atoms with E-state index in [0.29, 0.717) is 11.4 Å². The van der Waals surface area contributed by atoms with Gasteiger partial charge in [-0.3, -0.25) is 4.72 Å². The Bertz CT molecular complexity index is 752. The summed E-state index contributed by atoms with van der Waals surface area (Å²) in [5.41, 5.74) is 2.50. The second-order valence-electron chi connectivity index (χ2n) is 4.78. The summed E-state index contributed by atoms with van der Waals surface area (Å²) in [5.74, 6) is 0.432. The van der Waals surface area contributed by atoms with Crippen LogP contribution in [-0.2, 0) is 10.0 Å². The SMILES string of the molecule is COc1ccc(S(=O)(=O)Nc2cc(C)cc(C)c2)cc1Cl. The summed E-state index contributed by atoms with van der Waals surface area (Å²) in [6, 6.07) is 9.87. The number of sulfonamides is 1. The molecule has 112 valence electrons. The van der Waals surface area contributed by atoms with Gasteiger partial charge in [-0.25, -0.2) is 8.42 Å². The van der Waals surface area contributed by atoms with Crippen molar-refractivity contribution in [2.24, 2.45) is 0 Å². The average Bonchev–Trinajstić information content (AvgIpc) is 2.36. The van der Waals surface area contributed by atoms with E-state index in [2.05, 4.69) is 4.72 Å². The van der Waals surface area contributed by atoms with Crippen LogP contribution in [0, 0.1) is 13.8 Å². The van der Waals surface area contributed by atoms with E-state index in [1.807, 2.05) is 19.9 Å². The number of aryl methyl sites for hydroxylation is 2. The third-order valence-electron chi connectivity index (χ3n) is 2.91. The van der Waals surface area contributed by atoms with E-state index in [1.165, 1.54) is 25.3 Å². The normalized spacial score (nSPS) is 11.2. The van der Waals surface area contributed by atoms with Crippen molar-refractivity contribution in [2.45, 2.75) is 18.7 Å². The maximum Gasteiger partial charge on any atom is 0.261 e. The molecule has 4 nitrogen and oxygen atoms in total. The molecule has 6 heteroatoms. The molecule has 0 aliphatic rings. The summed E-state index contributed by atoms with van der Waals surface area (Å²) >= 11 is 5.97. The number of nitrogens with one attached hydrogen (secondary N) is 1. The highest BCUT2D eigenvalue weighted by molar-refractivity contribution is 7.92. The van der Waals surface area contributed by atoms with Crippen molar-refractivity contribution in [3.8, 4) is 5.75 Å². The molecule has 21 heavy (non-hydrogen) atoms. The molecule has 0 unspecified atom stereocenters. The monoisotopic (exact) mass is 325 g/mol. The van der Waals surface area contributed by atoms with Crippen LogP contribution in [0.5, 0.6) is 5.75 Å². The van der Waals surface area contributed by atoms with Crippen molar-refractivity contribution in [3.05, 3.63) is 52.5 Å². The summed E-state index contributed by atoms with van der Waals surface area (Å²) in [7, 11) is -2.21. The molecule has 0 bridgehead atoms. The van der Waals surface area contributed by atoms with Gasteiger partial charge in [0.25, 0.3) is 10.0 Å². The van der Waals surface area contributed by atoms with Gasteiger partial charge in [-0.15, -0.1) is 0 Å². The molecule has 0 aromatic heterocycles. The lowest BCUT2D eigenvalue weighted by Gasteiger charge is -2.11. The van der Waals surface area contributed by atoms with Crippen LogP contribution in [0.25, 0.3) is 0 Å². The Morgan fingerprint density at radius 3 is 2.19 bits per heavy atom. The van der Waals surface area contributed by atoms with Crippen molar-refractivity contribution < 1.29 is 13.2 Å². The van der Waals surface area contributed by atoms with E-state index < -0.39 is 10.0 Å². The number of rotatable bonds is 4. The summed E-state index contributed by atoms with van der Waals surface area (Å²) in [5, 5.41) is 0.251. The molecule has 2 rings (SSSR count). The zero-order valence-corrected chi connectivity index (χ0v) is 13.5. The summed E-state index contributed by atoms with van der Waals surface area (Å²) < 4.78 is 32.3. The van der Waals surface area contributed by atoms with Gasteiger partial charge in [-0.1, -0.05) is 17.7 Å². The van der Waals surface area contributed by atoms with Crippen LogP contribution in [0.4, 0.5) is 5.69 Å². The molecule has 0 spiro atoms. The van der Waals surface area contributed by atoms with Gasteiger partial charge in [0.2, 0.25) is 0 Å². The topological polar surface area (TPSA) is 55.4 Å². The Labute approximate surface area is 129 Å². The summed E-state index contributed by atoms with van der Waals surface area (Å²) in [6.07, 6.45) is 0. The lowest BCUT2D eigenvalue weighted by molar-refractivity contribution is 0.414. The number of halogens is 1. The van der Waals surface area contributed by atoms with E-state index in [9.17, 15) is 8.42 Å². The van der Waals surface area contributed by atoms with E-state index in [-0.39, 0.29) is 9.92 Å². The Morgan fingerprint density at radius 2 is 1.67 bits per heavy atom. The van der Waals surface area contributed by atoms with Crippen molar-refractivity contribution in [3.63, 3.8) is 0 Å². The van der Waals surface area contributed by atoms with Crippen LogP contribution < -0.4 is 9.46 Å². The highest BCUT2D eigenvalue weighted by Crippen LogP contribution is 2.28. The van der Waals surface area contributed by atoms with E-state index in [4.69, 9.17) is 16.3 Å². The van der Waals surface area contributed by atoms with Gasteiger partial charge in [0.1, 0.15) is 5.75 Å². The number of benzene rings is 2. The molecule has 2 aromatic rings. The maximum absolute atomic E-state index is 12.4. The summed E-state index contributed by atoms with van der Waals surface area (Å²) in [4.78, 5) is 0.0902. The zero-order valence-electron chi connectivity index (χ0n) is 12.0. The molecule has 0 saturated heterocycles. The average molecular weight is 326 g/mol. The van der Waals surface area contributed by atoms with E-state index >= 15 is 0 Å². The predicted molar refractivity (Wildman–Crippen MR) is 84.7 cm³/mol. The number of anilines is 1. The fourth-order valence-electron chi connectivity index (χ4n) is 2.06. The van der Waals surface area contributed by atoms with E-state index in [1.54, 1.807) is 12.1 Å². The first-order valence-corrected chi connectivity index (χ1v) is 8.12. The molecule has 1 N–H and O–H groups in total. The zero-order chi connectivity index (χ0) is 15.6. The number of hydrogen-bond acceptors (Lipinski definition) is 3. The van der Waals surface area contributed by atoms with Gasteiger partial charge in [-0.05, 0) is 55.3 Å². The first kappa shape index (κ1) is 15.7. The minimum Gasteiger partial charge on any atom is -0.495 e. The molecule has 2 aromatic carbocycles. The fourth-order valence-corrected chi connectivity index (χ4v) is 3.45. The molecular formula is C15H16ClNO3S. The third kappa shape index (κ3) is 3.68. The van der Waals surface area contributed by atoms with Crippen molar-refractivity contribution >= 4 is 27.3 Å². The molecular weight excluding hydrogens is 310 g/mol. The van der Waals surface area contributed by atoms with Gasteiger partial charge in [0, 0.05) is 5.69 Å². The minimum atomic E-state index is -3.68. The smallest absolute Gasteiger partial charge is 0.261 e. The van der Waals surface area contributed by atoms with E-state index in [0.717, 1.165) is 11.1 Å². The Kier molecular flexibility index (Phi) is 4.44. The minimum absolute atomic E-state index is 0.0902. The lowest BCUT2D eigenvalue weighted by Crippen LogP contribution is -2.13. The molecule has 0 radical (unpaired) electrons. The van der Waals surface area contributed by atoms with Crippen LogP contribution in [0.3, 0.4) is 0 Å². The molecule has 0 amide bonds. The third-order valence-corrected chi connectivity index (χ3v) is 4.58. The Balaban J connectivity index is 2.36. The highest BCUT2D eigenvalue weighted by Gasteiger charge is 2.16. The number of hydrogen-bond donors (Lipinski definition) is 1. The quantitative estimate of drug-likeness (QED) is 0.931. The van der Waals surface area contributed by atoms with Gasteiger partial charge in [0.05, 0.1) is 17.0 Å². The molecule has 0 aliphatic carbocycles. The van der Waals surface area contributed by atoms with Crippen LogP contribution in [-0.4, -0.2) is 15.5 Å². The first-order valence-electron chi connectivity index (χ1n) is 6.26.